The van der Waals surface area contributed by atoms with Crippen molar-refractivity contribution in [2.45, 2.75) is 58.9 Å². The van der Waals surface area contributed by atoms with Crippen molar-refractivity contribution in [1.29, 1.82) is 0 Å². The molecule has 122 valence electrons. The number of hydrogen-bond acceptors (Lipinski definition) is 6. The molecule has 2 rings (SSSR count). The lowest BCUT2D eigenvalue weighted by Gasteiger charge is -2.15. The molecule has 1 heterocycles. The van der Waals surface area contributed by atoms with Gasteiger partial charge in [-0.15, -0.1) is 0 Å². The van der Waals surface area contributed by atoms with E-state index in [0.29, 0.717) is 30.6 Å². The van der Waals surface area contributed by atoms with E-state index in [1.807, 2.05) is 0 Å². The van der Waals surface area contributed by atoms with Crippen LogP contribution in [0.2, 0.25) is 0 Å². The van der Waals surface area contributed by atoms with Crippen LogP contribution in [0.15, 0.2) is 0 Å². The fourth-order valence-electron chi connectivity index (χ4n) is 2.70. The van der Waals surface area contributed by atoms with Gasteiger partial charge in [0.2, 0.25) is 5.82 Å². The Morgan fingerprint density at radius 2 is 2.05 bits per heavy atom. The first-order chi connectivity index (χ1) is 10.5. The van der Waals surface area contributed by atoms with Crippen molar-refractivity contribution in [2.75, 3.05) is 11.9 Å². The molecule has 0 amide bonds. The Balaban J connectivity index is 2.39. The Hall–Kier alpha value is -1.92. The second-order valence-electron chi connectivity index (χ2n) is 6.06. The van der Waals surface area contributed by atoms with Crippen molar-refractivity contribution < 1.29 is 9.66 Å². The number of anilines is 1. The molecular weight excluding hydrogens is 284 g/mol. The SMILES string of the molecule is CCOc1nc(CC(C)C)nc(NC2CCCC2)c1[N+](=O)[O-]. The van der Waals surface area contributed by atoms with Crippen LogP contribution < -0.4 is 10.1 Å². The topological polar surface area (TPSA) is 90.2 Å². The van der Waals surface area contributed by atoms with Crippen molar-refractivity contribution in [1.82, 2.24) is 9.97 Å². The van der Waals surface area contributed by atoms with Gasteiger partial charge in [-0.05, 0) is 25.7 Å². The predicted molar refractivity (Wildman–Crippen MR) is 84.3 cm³/mol. The molecule has 1 aliphatic rings. The summed E-state index contributed by atoms with van der Waals surface area (Å²) in [5, 5.41) is 14.7. The molecule has 0 saturated heterocycles. The third-order valence-corrected chi connectivity index (χ3v) is 3.65. The monoisotopic (exact) mass is 308 g/mol. The smallest absolute Gasteiger partial charge is 0.372 e. The molecule has 0 spiro atoms. The molecule has 0 aliphatic heterocycles. The summed E-state index contributed by atoms with van der Waals surface area (Å²) in [6.07, 6.45) is 4.99. The van der Waals surface area contributed by atoms with Crippen molar-refractivity contribution in [3.05, 3.63) is 15.9 Å². The molecule has 0 unspecified atom stereocenters. The fraction of sp³-hybridized carbons (Fsp3) is 0.733. The lowest BCUT2D eigenvalue weighted by Crippen LogP contribution is -2.19. The molecule has 1 aliphatic carbocycles. The summed E-state index contributed by atoms with van der Waals surface area (Å²) >= 11 is 0. The molecule has 1 aromatic rings. The molecule has 1 fully saturated rings. The average molecular weight is 308 g/mol. The van der Waals surface area contributed by atoms with E-state index in [2.05, 4.69) is 29.1 Å². The van der Waals surface area contributed by atoms with E-state index in [1.54, 1.807) is 6.92 Å². The highest BCUT2D eigenvalue weighted by molar-refractivity contribution is 5.62. The third kappa shape index (κ3) is 4.05. The number of ether oxygens (including phenoxy) is 1. The molecule has 22 heavy (non-hydrogen) atoms. The largest absolute Gasteiger partial charge is 0.473 e. The van der Waals surface area contributed by atoms with Gasteiger partial charge < -0.3 is 10.1 Å². The summed E-state index contributed by atoms with van der Waals surface area (Å²) in [5.74, 6) is 1.32. The summed E-state index contributed by atoms with van der Waals surface area (Å²) in [7, 11) is 0. The van der Waals surface area contributed by atoms with Crippen molar-refractivity contribution in [3.63, 3.8) is 0 Å². The van der Waals surface area contributed by atoms with Crippen LogP contribution in [0.25, 0.3) is 0 Å². The van der Waals surface area contributed by atoms with Crippen LogP contribution in [0.3, 0.4) is 0 Å². The zero-order valence-electron chi connectivity index (χ0n) is 13.5. The van der Waals surface area contributed by atoms with E-state index in [1.165, 1.54) is 0 Å². The van der Waals surface area contributed by atoms with Crippen molar-refractivity contribution in [3.8, 4) is 5.88 Å². The molecule has 0 aromatic carbocycles. The lowest BCUT2D eigenvalue weighted by atomic mass is 10.1. The second kappa shape index (κ2) is 7.38. The van der Waals surface area contributed by atoms with Gasteiger partial charge in [-0.2, -0.15) is 4.98 Å². The van der Waals surface area contributed by atoms with Gasteiger partial charge in [-0.1, -0.05) is 26.7 Å². The van der Waals surface area contributed by atoms with Gasteiger partial charge in [-0.3, -0.25) is 10.1 Å². The van der Waals surface area contributed by atoms with Crippen LogP contribution in [-0.4, -0.2) is 27.5 Å². The minimum Gasteiger partial charge on any atom is -0.473 e. The Bertz CT molecular complexity index is 528. The van der Waals surface area contributed by atoms with Gasteiger partial charge >= 0.3 is 5.69 Å². The first kappa shape index (κ1) is 16.5. The van der Waals surface area contributed by atoms with Crippen molar-refractivity contribution >= 4 is 11.5 Å². The molecule has 0 bridgehead atoms. The molecule has 1 aromatic heterocycles. The van der Waals surface area contributed by atoms with E-state index < -0.39 is 4.92 Å². The fourth-order valence-corrected chi connectivity index (χ4v) is 2.70. The lowest BCUT2D eigenvalue weighted by molar-refractivity contribution is -0.385. The summed E-state index contributed by atoms with van der Waals surface area (Å²) in [4.78, 5) is 19.6. The van der Waals surface area contributed by atoms with E-state index in [0.717, 1.165) is 25.7 Å². The average Bonchev–Trinajstić information content (AvgIpc) is 2.90. The van der Waals surface area contributed by atoms with E-state index >= 15 is 0 Å². The first-order valence-electron chi connectivity index (χ1n) is 7.95. The van der Waals surface area contributed by atoms with Crippen LogP contribution in [-0.2, 0) is 6.42 Å². The summed E-state index contributed by atoms with van der Waals surface area (Å²) in [6.45, 7) is 6.25. The first-order valence-corrected chi connectivity index (χ1v) is 7.95. The maximum Gasteiger partial charge on any atom is 0.372 e. The van der Waals surface area contributed by atoms with Crippen LogP contribution >= 0.6 is 0 Å². The maximum atomic E-state index is 11.4. The second-order valence-corrected chi connectivity index (χ2v) is 6.06. The quantitative estimate of drug-likeness (QED) is 0.613. The minimum atomic E-state index is -0.457. The Kier molecular flexibility index (Phi) is 5.51. The zero-order chi connectivity index (χ0) is 16.1. The Morgan fingerprint density at radius 3 is 2.59 bits per heavy atom. The van der Waals surface area contributed by atoms with Gasteiger partial charge in [0.15, 0.2) is 0 Å². The highest BCUT2D eigenvalue weighted by atomic mass is 16.6. The minimum absolute atomic E-state index is 0.0682. The molecule has 1 N–H and O–H groups in total. The molecule has 1 saturated carbocycles. The summed E-state index contributed by atoms with van der Waals surface area (Å²) < 4.78 is 5.39. The molecular formula is C15H24N4O3. The highest BCUT2D eigenvalue weighted by Crippen LogP contribution is 2.34. The van der Waals surface area contributed by atoms with E-state index in [9.17, 15) is 10.1 Å². The number of nitrogens with zero attached hydrogens (tertiary/aromatic N) is 3. The third-order valence-electron chi connectivity index (χ3n) is 3.65. The highest BCUT2D eigenvalue weighted by Gasteiger charge is 2.28. The van der Waals surface area contributed by atoms with Gasteiger partial charge in [-0.25, -0.2) is 4.98 Å². The van der Waals surface area contributed by atoms with Crippen LogP contribution in [0.1, 0.15) is 52.3 Å². The molecule has 7 nitrogen and oxygen atoms in total. The van der Waals surface area contributed by atoms with Crippen LogP contribution in [0.5, 0.6) is 5.88 Å². The summed E-state index contributed by atoms with van der Waals surface area (Å²) in [5.41, 5.74) is -0.152. The standard InChI is InChI=1S/C15H24N4O3/c1-4-22-15-13(19(20)21)14(16-11-7-5-6-8-11)17-12(18-15)9-10(2)3/h10-11H,4-9H2,1-3H3,(H,16,17,18). The van der Waals surface area contributed by atoms with E-state index in [4.69, 9.17) is 4.74 Å². The van der Waals surface area contributed by atoms with Gasteiger partial charge in [0, 0.05) is 12.5 Å². The van der Waals surface area contributed by atoms with Gasteiger partial charge in [0.25, 0.3) is 5.88 Å². The Morgan fingerprint density at radius 1 is 1.36 bits per heavy atom. The predicted octanol–water partition coefficient (Wildman–Crippen LogP) is 3.34. The van der Waals surface area contributed by atoms with Gasteiger partial charge in [0.1, 0.15) is 5.82 Å². The number of hydrogen-bond donors (Lipinski definition) is 1. The number of nitrogens with one attached hydrogen (secondary N) is 1. The van der Waals surface area contributed by atoms with Crippen molar-refractivity contribution in [2.24, 2.45) is 5.92 Å². The van der Waals surface area contributed by atoms with E-state index in [-0.39, 0.29) is 17.6 Å². The normalized spacial score (nSPS) is 15.3. The zero-order valence-corrected chi connectivity index (χ0v) is 13.5. The number of rotatable bonds is 7. The summed E-state index contributed by atoms with van der Waals surface area (Å²) in [6, 6.07) is 0.245. The number of nitro groups is 1. The number of aromatic nitrogens is 2. The van der Waals surface area contributed by atoms with Crippen LogP contribution in [0.4, 0.5) is 11.5 Å². The Labute approximate surface area is 130 Å². The molecule has 0 radical (unpaired) electrons. The van der Waals surface area contributed by atoms with Crippen LogP contribution in [0, 0.1) is 16.0 Å². The molecule has 0 atom stereocenters. The molecule has 7 heteroatoms. The maximum absolute atomic E-state index is 11.4. The van der Waals surface area contributed by atoms with Gasteiger partial charge in [0.05, 0.1) is 11.5 Å².